The summed E-state index contributed by atoms with van der Waals surface area (Å²) in [5.41, 5.74) is 0. The summed E-state index contributed by atoms with van der Waals surface area (Å²) < 4.78 is 0. The van der Waals surface area contributed by atoms with E-state index in [9.17, 15) is 9.59 Å². The van der Waals surface area contributed by atoms with Crippen LogP contribution in [-0.2, 0) is 9.59 Å². The van der Waals surface area contributed by atoms with Crippen LogP contribution in [0.25, 0.3) is 0 Å². The van der Waals surface area contributed by atoms with Crippen LogP contribution in [0.4, 0.5) is 0 Å². The second-order valence-corrected chi connectivity index (χ2v) is 3.10. The summed E-state index contributed by atoms with van der Waals surface area (Å²) in [5, 5.41) is 0. The lowest BCUT2D eigenvalue weighted by Gasteiger charge is -2.16. The van der Waals surface area contributed by atoms with Gasteiger partial charge in [-0.1, -0.05) is 0 Å². The summed E-state index contributed by atoms with van der Waals surface area (Å²) >= 11 is 0. The minimum atomic E-state index is 0.0575. The van der Waals surface area contributed by atoms with Crippen LogP contribution in [0.1, 0.15) is 6.42 Å². The average Bonchev–Trinajstić information content (AvgIpc) is 2.15. The Balaban J connectivity index is 2.51. The van der Waals surface area contributed by atoms with Gasteiger partial charge >= 0.3 is 0 Å². The summed E-state index contributed by atoms with van der Waals surface area (Å²) in [7, 11) is 1.92. The van der Waals surface area contributed by atoms with Gasteiger partial charge in [-0.15, -0.1) is 0 Å². The van der Waals surface area contributed by atoms with Crippen LogP contribution in [0.2, 0.25) is 0 Å². The summed E-state index contributed by atoms with van der Waals surface area (Å²) in [5.74, 6) is 0.0575. The Morgan fingerprint density at radius 3 is 2.92 bits per heavy atom. The van der Waals surface area contributed by atoms with Crippen molar-refractivity contribution < 1.29 is 9.59 Å². The zero-order valence-corrected chi connectivity index (χ0v) is 7.32. The molecule has 4 heteroatoms. The summed E-state index contributed by atoms with van der Waals surface area (Å²) in [4.78, 5) is 25.1. The highest BCUT2D eigenvalue weighted by molar-refractivity contribution is 5.80. The molecule has 1 aliphatic heterocycles. The van der Waals surface area contributed by atoms with Crippen molar-refractivity contribution in [2.45, 2.75) is 6.42 Å². The molecule has 0 N–H and O–H groups in total. The van der Waals surface area contributed by atoms with Crippen molar-refractivity contribution in [3.63, 3.8) is 0 Å². The van der Waals surface area contributed by atoms with Crippen molar-refractivity contribution in [3.05, 3.63) is 0 Å². The van der Waals surface area contributed by atoms with E-state index in [0.717, 1.165) is 19.3 Å². The Labute approximate surface area is 72.1 Å². The molecule has 0 atom stereocenters. The number of rotatable bonds is 2. The van der Waals surface area contributed by atoms with Crippen LogP contribution in [0.5, 0.6) is 0 Å². The lowest BCUT2D eigenvalue weighted by Crippen LogP contribution is -2.36. The molecule has 0 aromatic heterocycles. The van der Waals surface area contributed by atoms with E-state index in [-0.39, 0.29) is 12.5 Å². The van der Waals surface area contributed by atoms with Gasteiger partial charge in [0.25, 0.3) is 0 Å². The van der Waals surface area contributed by atoms with Gasteiger partial charge in [0.15, 0.2) is 0 Å². The number of carbonyl (C=O) groups is 2. The van der Waals surface area contributed by atoms with E-state index in [1.807, 2.05) is 11.9 Å². The second-order valence-electron chi connectivity index (χ2n) is 3.10. The van der Waals surface area contributed by atoms with Gasteiger partial charge in [0.1, 0.15) is 6.29 Å². The molecule has 4 nitrogen and oxygen atoms in total. The molecule has 1 saturated heterocycles. The molecule has 68 valence electrons. The predicted molar refractivity (Wildman–Crippen MR) is 44.8 cm³/mol. The SMILES string of the molecule is CN1CCCN(CC=O)C(=O)C1. The Morgan fingerprint density at radius 2 is 2.25 bits per heavy atom. The maximum Gasteiger partial charge on any atom is 0.237 e. The fourth-order valence-corrected chi connectivity index (χ4v) is 1.35. The third-order valence-electron chi connectivity index (χ3n) is 2.02. The van der Waals surface area contributed by atoms with Gasteiger partial charge in [0.05, 0.1) is 13.1 Å². The van der Waals surface area contributed by atoms with Crippen LogP contribution in [-0.4, -0.2) is 55.2 Å². The van der Waals surface area contributed by atoms with Crippen LogP contribution < -0.4 is 0 Å². The molecule has 1 aliphatic rings. The first-order chi connectivity index (χ1) is 5.74. The van der Waals surface area contributed by atoms with Crippen molar-refractivity contribution in [3.8, 4) is 0 Å². The smallest absolute Gasteiger partial charge is 0.237 e. The van der Waals surface area contributed by atoms with E-state index in [4.69, 9.17) is 0 Å². The lowest BCUT2D eigenvalue weighted by atomic mass is 10.4. The first kappa shape index (κ1) is 9.19. The summed E-state index contributed by atoms with van der Waals surface area (Å²) in [6.07, 6.45) is 1.74. The molecular formula is C8H14N2O2. The monoisotopic (exact) mass is 170 g/mol. The number of nitrogens with zero attached hydrogens (tertiary/aromatic N) is 2. The van der Waals surface area contributed by atoms with E-state index < -0.39 is 0 Å². The van der Waals surface area contributed by atoms with Crippen molar-refractivity contribution in [2.24, 2.45) is 0 Å². The number of carbonyl (C=O) groups excluding carboxylic acids is 2. The molecule has 0 unspecified atom stereocenters. The Bertz CT molecular complexity index is 182. The van der Waals surface area contributed by atoms with Crippen LogP contribution in [0.15, 0.2) is 0 Å². The van der Waals surface area contributed by atoms with Crippen molar-refractivity contribution in [1.29, 1.82) is 0 Å². The van der Waals surface area contributed by atoms with Gasteiger partial charge in [-0.25, -0.2) is 0 Å². The fraction of sp³-hybridized carbons (Fsp3) is 0.750. The molecular weight excluding hydrogens is 156 g/mol. The lowest BCUT2D eigenvalue weighted by molar-refractivity contribution is -0.132. The highest BCUT2D eigenvalue weighted by atomic mass is 16.2. The topological polar surface area (TPSA) is 40.6 Å². The Kier molecular flexibility index (Phi) is 3.22. The van der Waals surface area contributed by atoms with Crippen molar-refractivity contribution in [1.82, 2.24) is 9.80 Å². The first-order valence-corrected chi connectivity index (χ1v) is 4.14. The molecule has 0 aromatic carbocycles. The van der Waals surface area contributed by atoms with Gasteiger partial charge in [-0.2, -0.15) is 0 Å². The third kappa shape index (κ3) is 2.30. The first-order valence-electron chi connectivity index (χ1n) is 4.14. The predicted octanol–water partition coefficient (Wildman–Crippen LogP) is -0.651. The van der Waals surface area contributed by atoms with Gasteiger partial charge in [-0.3, -0.25) is 9.69 Å². The standard InChI is InChI=1S/C8H14N2O2/c1-9-3-2-4-10(5-6-11)8(12)7-9/h6H,2-5,7H2,1H3. The largest absolute Gasteiger partial charge is 0.335 e. The van der Waals surface area contributed by atoms with E-state index >= 15 is 0 Å². The maximum absolute atomic E-state index is 11.3. The van der Waals surface area contributed by atoms with Gasteiger partial charge in [0, 0.05) is 13.1 Å². The minimum absolute atomic E-state index is 0.0575. The van der Waals surface area contributed by atoms with Gasteiger partial charge in [-0.05, 0) is 13.5 Å². The number of hydrogen-bond donors (Lipinski definition) is 0. The molecule has 0 bridgehead atoms. The zero-order chi connectivity index (χ0) is 8.97. The minimum Gasteiger partial charge on any atom is -0.335 e. The molecule has 1 amide bonds. The molecule has 0 radical (unpaired) electrons. The molecule has 1 rings (SSSR count). The summed E-state index contributed by atoms with van der Waals surface area (Å²) in [6, 6.07) is 0. The van der Waals surface area contributed by atoms with Gasteiger partial charge < -0.3 is 9.69 Å². The zero-order valence-electron chi connectivity index (χ0n) is 7.32. The molecule has 12 heavy (non-hydrogen) atoms. The van der Waals surface area contributed by atoms with Crippen LogP contribution >= 0.6 is 0 Å². The number of aldehydes is 1. The molecule has 1 heterocycles. The van der Waals surface area contributed by atoms with E-state index in [2.05, 4.69) is 0 Å². The molecule has 0 aromatic rings. The second kappa shape index (κ2) is 4.21. The molecule has 0 spiro atoms. The van der Waals surface area contributed by atoms with Gasteiger partial charge in [0.2, 0.25) is 5.91 Å². The quantitative estimate of drug-likeness (QED) is 0.517. The molecule has 1 fully saturated rings. The fourth-order valence-electron chi connectivity index (χ4n) is 1.35. The van der Waals surface area contributed by atoms with E-state index in [1.165, 1.54) is 0 Å². The number of hydrogen-bond acceptors (Lipinski definition) is 3. The highest BCUT2D eigenvalue weighted by Gasteiger charge is 2.18. The van der Waals surface area contributed by atoms with Crippen LogP contribution in [0, 0.1) is 0 Å². The Hall–Kier alpha value is -0.900. The molecule has 0 aliphatic carbocycles. The van der Waals surface area contributed by atoms with Crippen molar-refractivity contribution in [2.75, 3.05) is 33.2 Å². The Morgan fingerprint density at radius 1 is 1.50 bits per heavy atom. The number of amides is 1. The van der Waals surface area contributed by atoms with Crippen LogP contribution in [0.3, 0.4) is 0 Å². The van der Waals surface area contributed by atoms with E-state index in [0.29, 0.717) is 13.1 Å². The normalized spacial score (nSPS) is 20.8. The average molecular weight is 170 g/mol. The summed E-state index contributed by atoms with van der Waals surface area (Å²) in [6.45, 7) is 2.32. The maximum atomic E-state index is 11.3. The third-order valence-corrected chi connectivity index (χ3v) is 2.02. The van der Waals surface area contributed by atoms with E-state index in [1.54, 1.807) is 4.90 Å². The molecule has 0 saturated carbocycles. The highest BCUT2D eigenvalue weighted by Crippen LogP contribution is 2.00. The number of likely N-dealkylation sites (N-methyl/N-ethyl adjacent to an activating group) is 1. The van der Waals surface area contributed by atoms with Crippen molar-refractivity contribution >= 4 is 12.2 Å².